The molecule has 1 aliphatic rings. The largest absolute Gasteiger partial charge is 0.352 e. The number of nitrogens with one attached hydrogen (secondary N) is 1. The monoisotopic (exact) mass is 457 g/mol. The number of likely N-dealkylation sites (tertiary alicyclic amines) is 1. The van der Waals surface area contributed by atoms with Gasteiger partial charge in [0, 0.05) is 25.2 Å². The quantitative estimate of drug-likeness (QED) is 0.632. The van der Waals surface area contributed by atoms with Crippen molar-refractivity contribution >= 4 is 35.0 Å². The Bertz CT molecular complexity index is 1070. The van der Waals surface area contributed by atoms with Gasteiger partial charge in [-0.15, -0.1) is 0 Å². The lowest BCUT2D eigenvalue weighted by atomic mass is 9.96. The summed E-state index contributed by atoms with van der Waals surface area (Å²) in [5, 5.41) is 7.83. The first-order valence-corrected chi connectivity index (χ1v) is 10.7. The molecule has 1 aromatic heterocycles. The minimum absolute atomic E-state index is 0.0491. The van der Waals surface area contributed by atoms with Gasteiger partial charge >= 0.3 is 0 Å². The van der Waals surface area contributed by atoms with E-state index in [-0.39, 0.29) is 17.7 Å². The normalized spacial score (nSPS) is 16.2. The highest BCUT2D eigenvalue weighted by Gasteiger charge is 2.29. The van der Waals surface area contributed by atoms with Crippen LogP contribution < -0.4 is 5.32 Å². The molecule has 160 valence electrons. The van der Waals surface area contributed by atoms with Gasteiger partial charge in [-0.2, -0.15) is 5.10 Å². The van der Waals surface area contributed by atoms with Gasteiger partial charge in [-0.25, -0.2) is 9.67 Å². The molecule has 1 atom stereocenters. The first-order valence-electron chi connectivity index (χ1n) is 9.97. The Morgan fingerprint density at radius 2 is 1.90 bits per heavy atom. The van der Waals surface area contributed by atoms with Gasteiger partial charge in [0.2, 0.25) is 5.91 Å². The third kappa shape index (κ3) is 5.06. The Kier molecular flexibility index (Phi) is 6.53. The number of piperidine rings is 1. The molecule has 7 nitrogen and oxygen atoms in total. The molecule has 0 aliphatic carbocycles. The number of carbonyl (C=O) groups is 2. The lowest BCUT2D eigenvalue weighted by Gasteiger charge is -2.32. The zero-order valence-corrected chi connectivity index (χ0v) is 18.2. The highest BCUT2D eigenvalue weighted by Crippen LogP contribution is 2.25. The van der Waals surface area contributed by atoms with Crippen LogP contribution >= 0.6 is 23.2 Å². The van der Waals surface area contributed by atoms with Crippen molar-refractivity contribution in [2.45, 2.75) is 19.4 Å². The van der Waals surface area contributed by atoms with E-state index in [2.05, 4.69) is 15.4 Å². The van der Waals surface area contributed by atoms with Crippen molar-refractivity contribution in [3.63, 3.8) is 0 Å². The second kappa shape index (κ2) is 9.49. The summed E-state index contributed by atoms with van der Waals surface area (Å²) in [4.78, 5) is 31.2. The number of rotatable bonds is 5. The van der Waals surface area contributed by atoms with Gasteiger partial charge in [-0.05, 0) is 48.7 Å². The first-order chi connectivity index (χ1) is 15.0. The smallest absolute Gasteiger partial charge is 0.253 e. The molecular formula is C22H21Cl2N5O2. The van der Waals surface area contributed by atoms with E-state index in [1.807, 2.05) is 24.3 Å². The summed E-state index contributed by atoms with van der Waals surface area (Å²) in [5.74, 6) is -0.429. The van der Waals surface area contributed by atoms with Crippen molar-refractivity contribution in [2.24, 2.45) is 5.92 Å². The van der Waals surface area contributed by atoms with Crippen LogP contribution in [0.4, 0.5) is 0 Å². The summed E-state index contributed by atoms with van der Waals surface area (Å²) in [5.41, 5.74) is 2.36. The number of benzene rings is 2. The number of carbonyl (C=O) groups excluding carboxylic acids is 2. The van der Waals surface area contributed by atoms with E-state index in [1.165, 1.54) is 6.33 Å². The van der Waals surface area contributed by atoms with Crippen molar-refractivity contribution < 1.29 is 9.59 Å². The minimum atomic E-state index is -0.241. The number of hydrogen-bond donors (Lipinski definition) is 1. The molecule has 0 saturated carbocycles. The molecule has 0 bridgehead atoms. The molecular weight excluding hydrogens is 437 g/mol. The molecule has 2 heterocycles. The van der Waals surface area contributed by atoms with Crippen LogP contribution in [0.3, 0.4) is 0 Å². The molecule has 9 heteroatoms. The predicted molar refractivity (Wildman–Crippen MR) is 118 cm³/mol. The SMILES string of the molecule is O=C(NCc1ccc(-n2cncn2)cc1)C1CCCN(C(=O)c2ccc(Cl)c(Cl)c2)C1. The molecule has 4 rings (SSSR count). The van der Waals surface area contributed by atoms with Gasteiger partial charge in [0.05, 0.1) is 21.7 Å². The second-order valence-corrected chi connectivity index (χ2v) is 8.26. The van der Waals surface area contributed by atoms with Gasteiger partial charge in [0.1, 0.15) is 12.7 Å². The van der Waals surface area contributed by atoms with E-state index in [0.29, 0.717) is 35.2 Å². The Labute approximate surface area is 190 Å². The zero-order chi connectivity index (χ0) is 21.8. The van der Waals surface area contributed by atoms with Gasteiger partial charge in [-0.1, -0.05) is 35.3 Å². The maximum absolute atomic E-state index is 12.8. The van der Waals surface area contributed by atoms with Crippen LogP contribution in [0, 0.1) is 5.92 Å². The van der Waals surface area contributed by atoms with Crippen molar-refractivity contribution in [1.29, 1.82) is 0 Å². The fraction of sp³-hybridized carbons (Fsp3) is 0.273. The molecule has 0 spiro atoms. The second-order valence-electron chi connectivity index (χ2n) is 7.44. The van der Waals surface area contributed by atoms with Gasteiger partial charge in [0.25, 0.3) is 5.91 Å². The molecule has 1 saturated heterocycles. The molecule has 3 aromatic rings. The van der Waals surface area contributed by atoms with Crippen LogP contribution in [-0.4, -0.2) is 44.6 Å². The van der Waals surface area contributed by atoms with Crippen molar-refractivity contribution in [2.75, 3.05) is 13.1 Å². The maximum Gasteiger partial charge on any atom is 0.253 e. The van der Waals surface area contributed by atoms with Crippen molar-refractivity contribution in [3.8, 4) is 5.69 Å². The van der Waals surface area contributed by atoms with Crippen LogP contribution in [-0.2, 0) is 11.3 Å². The molecule has 1 unspecified atom stereocenters. The fourth-order valence-corrected chi connectivity index (χ4v) is 3.93. The Morgan fingerprint density at radius 3 is 2.61 bits per heavy atom. The van der Waals surface area contributed by atoms with Crippen LogP contribution in [0.15, 0.2) is 55.1 Å². The standard InChI is InChI=1S/C22H21Cl2N5O2/c23-19-8-5-16(10-20(19)24)22(31)28-9-1-2-17(12-28)21(30)26-11-15-3-6-18(7-4-15)29-14-25-13-27-29/h3-8,10,13-14,17H,1-2,9,11-12H2,(H,26,30). The third-order valence-electron chi connectivity index (χ3n) is 5.33. The summed E-state index contributed by atoms with van der Waals surface area (Å²) in [6.07, 6.45) is 4.64. The molecule has 1 aliphatic heterocycles. The lowest BCUT2D eigenvalue weighted by molar-refractivity contribution is -0.126. The molecule has 2 amide bonds. The summed E-state index contributed by atoms with van der Waals surface area (Å²) in [6.45, 7) is 1.43. The molecule has 1 N–H and O–H groups in total. The van der Waals surface area contributed by atoms with E-state index < -0.39 is 0 Å². The third-order valence-corrected chi connectivity index (χ3v) is 6.07. The minimum Gasteiger partial charge on any atom is -0.352 e. The molecule has 1 fully saturated rings. The van der Waals surface area contributed by atoms with E-state index in [0.717, 1.165) is 24.1 Å². The van der Waals surface area contributed by atoms with Gasteiger partial charge in [0.15, 0.2) is 0 Å². The maximum atomic E-state index is 12.8. The van der Waals surface area contributed by atoms with E-state index in [9.17, 15) is 9.59 Å². The molecule has 0 radical (unpaired) electrons. The van der Waals surface area contributed by atoms with Gasteiger partial charge in [-0.3, -0.25) is 9.59 Å². The number of halogens is 2. The zero-order valence-electron chi connectivity index (χ0n) is 16.7. The predicted octanol–water partition coefficient (Wildman–Crippen LogP) is 3.74. The van der Waals surface area contributed by atoms with E-state index >= 15 is 0 Å². The summed E-state index contributed by atoms with van der Waals surface area (Å²) in [6, 6.07) is 12.6. The Balaban J connectivity index is 1.33. The highest BCUT2D eigenvalue weighted by molar-refractivity contribution is 6.42. The Morgan fingerprint density at radius 1 is 1.10 bits per heavy atom. The van der Waals surface area contributed by atoms with Crippen molar-refractivity contribution in [1.82, 2.24) is 25.0 Å². The highest BCUT2D eigenvalue weighted by atomic mass is 35.5. The van der Waals surface area contributed by atoms with Gasteiger partial charge < -0.3 is 10.2 Å². The Hall–Kier alpha value is -2.90. The number of nitrogens with zero attached hydrogens (tertiary/aromatic N) is 4. The van der Waals surface area contributed by atoms with Crippen molar-refractivity contribution in [3.05, 3.63) is 76.3 Å². The lowest BCUT2D eigenvalue weighted by Crippen LogP contribution is -2.45. The van der Waals surface area contributed by atoms with Crippen LogP contribution in [0.1, 0.15) is 28.8 Å². The average Bonchev–Trinajstić information content (AvgIpc) is 3.34. The average molecular weight is 458 g/mol. The summed E-state index contributed by atoms with van der Waals surface area (Å²) in [7, 11) is 0. The molecule has 2 aromatic carbocycles. The van der Waals surface area contributed by atoms with E-state index in [4.69, 9.17) is 23.2 Å². The van der Waals surface area contributed by atoms with E-state index in [1.54, 1.807) is 34.1 Å². The number of aromatic nitrogens is 3. The molecule has 31 heavy (non-hydrogen) atoms. The van der Waals surface area contributed by atoms with Crippen LogP contribution in [0.5, 0.6) is 0 Å². The fourth-order valence-electron chi connectivity index (χ4n) is 3.63. The topological polar surface area (TPSA) is 80.1 Å². The first kappa shape index (κ1) is 21.3. The van der Waals surface area contributed by atoms with Crippen LogP contribution in [0.2, 0.25) is 10.0 Å². The summed E-state index contributed by atoms with van der Waals surface area (Å²) < 4.78 is 1.67. The summed E-state index contributed by atoms with van der Waals surface area (Å²) >= 11 is 12.0. The number of hydrogen-bond acceptors (Lipinski definition) is 4. The number of amides is 2. The van der Waals surface area contributed by atoms with Crippen LogP contribution in [0.25, 0.3) is 5.69 Å².